The summed E-state index contributed by atoms with van der Waals surface area (Å²) in [4.78, 5) is 15.1. The number of rotatable bonds is 9. The van der Waals surface area contributed by atoms with Gasteiger partial charge in [0, 0.05) is 40.5 Å². The molecule has 0 aliphatic carbocycles. The van der Waals surface area contributed by atoms with E-state index in [-0.39, 0.29) is 5.91 Å². The van der Waals surface area contributed by atoms with E-state index in [0.717, 1.165) is 6.42 Å². The predicted octanol–water partition coefficient (Wildman–Crippen LogP) is 0.462. The van der Waals surface area contributed by atoms with E-state index >= 15 is 0 Å². The molecule has 0 aliphatic rings. The van der Waals surface area contributed by atoms with Crippen LogP contribution >= 0.6 is 0 Å². The maximum atomic E-state index is 11.0. The molecule has 0 rings (SSSR count). The quantitative estimate of drug-likeness (QED) is 0.372. The van der Waals surface area contributed by atoms with E-state index in [4.69, 9.17) is 13.3 Å². The minimum Gasteiger partial charge on any atom is -0.377 e. The number of carbonyl (C=O) groups excluding carboxylic acids is 1. The molecule has 17 heavy (non-hydrogen) atoms. The van der Waals surface area contributed by atoms with Crippen LogP contribution in [0.2, 0.25) is 6.04 Å². The van der Waals surface area contributed by atoms with Crippen LogP contribution in [-0.2, 0) is 18.1 Å². The van der Waals surface area contributed by atoms with Crippen LogP contribution in [0.1, 0.15) is 13.3 Å². The number of amides is 1. The normalized spacial score (nSPS) is 12.0. The average Bonchev–Trinajstić information content (AvgIpc) is 2.35. The largest absolute Gasteiger partial charge is 0.500 e. The first kappa shape index (κ1) is 16.2. The first-order valence-corrected chi connectivity index (χ1v) is 7.50. The zero-order valence-corrected chi connectivity index (χ0v) is 12.0. The van der Waals surface area contributed by atoms with Crippen molar-refractivity contribution < 1.29 is 18.1 Å². The highest BCUT2D eigenvalue weighted by Crippen LogP contribution is 2.14. The zero-order valence-electron chi connectivity index (χ0n) is 11.0. The third-order valence-electron chi connectivity index (χ3n) is 2.26. The molecule has 100 valence electrons. The highest BCUT2D eigenvalue weighted by Gasteiger charge is 2.36. The highest BCUT2D eigenvalue weighted by molar-refractivity contribution is 6.60. The fourth-order valence-corrected chi connectivity index (χ4v) is 3.01. The van der Waals surface area contributed by atoms with E-state index in [2.05, 4.69) is 10.3 Å². The summed E-state index contributed by atoms with van der Waals surface area (Å²) in [6.07, 6.45) is 2.07. The van der Waals surface area contributed by atoms with Crippen LogP contribution in [0.5, 0.6) is 0 Å². The Morgan fingerprint density at radius 2 is 1.88 bits per heavy atom. The highest BCUT2D eigenvalue weighted by atomic mass is 28.4. The molecule has 1 N–H and O–H groups in total. The van der Waals surface area contributed by atoms with Crippen LogP contribution in [0.25, 0.3) is 0 Å². The molecule has 0 heterocycles. The Morgan fingerprint density at radius 3 is 2.35 bits per heavy atom. The van der Waals surface area contributed by atoms with Crippen molar-refractivity contribution in [2.75, 3.05) is 34.4 Å². The van der Waals surface area contributed by atoms with Crippen molar-refractivity contribution in [1.29, 1.82) is 0 Å². The van der Waals surface area contributed by atoms with Crippen LogP contribution in [0.3, 0.4) is 0 Å². The predicted molar refractivity (Wildman–Crippen MR) is 68.2 cm³/mol. The van der Waals surface area contributed by atoms with Gasteiger partial charge in [0.05, 0.1) is 6.21 Å². The Bertz CT molecular complexity index is 236. The summed E-state index contributed by atoms with van der Waals surface area (Å²) in [7, 11) is 2.26. The fourth-order valence-electron chi connectivity index (χ4n) is 1.31. The fraction of sp³-hybridized carbons (Fsp3) is 0.800. The summed E-state index contributed by atoms with van der Waals surface area (Å²) >= 11 is 0. The molecule has 0 bridgehead atoms. The average molecular weight is 262 g/mol. The van der Waals surface area contributed by atoms with E-state index in [1.807, 2.05) is 6.92 Å². The zero-order chi connectivity index (χ0) is 13.1. The van der Waals surface area contributed by atoms with Crippen molar-refractivity contribution in [1.82, 2.24) is 5.32 Å². The Morgan fingerprint density at radius 1 is 1.29 bits per heavy atom. The summed E-state index contributed by atoms with van der Waals surface area (Å²) in [5.74, 6) is -0.166. The Labute approximate surface area is 104 Å². The number of hydrogen-bond donors (Lipinski definition) is 1. The van der Waals surface area contributed by atoms with Crippen LogP contribution in [0.4, 0.5) is 0 Å². The van der Waals surface area contributed by atoms with Gasteiger partial charge in [0.25, 0.3) is 5.91 Å². The summed E-state index contributed by atoms with van der Waals surface area (Å²) in [5, 5.41) is 2.63. The summed E-state index contributed by atoms with van der Waals surface area (Å²) < 4.78 is 15.8. The molecule has 0 saturated carbocycles. The lowest BCUT2D eigenvalue weighted by atomic mass is 10.5. The van der Waals surface area contributed by atoms with Gasteiger partial charge in [-0.05, 0) is 13.3 Å². The molecule has 0 atom stereocenters. The molecule has 1 amide bonds. The first-order valence-electron chi connectivity index (χ1n) is 5.57. The monoisotopic (exact) mass is 262 g/mol. The SMILES string of the molecule is CCNC(=O)/C=N/CCC[Si](OC)(OC)OC. The molecule has 0 aromatic rings. The van der Waals surface area contributed by atoms with Crippen LogP contribution in [0, 0.1) is 0 Å². The standard InChI is InChI=1S/C10H22N2O4Si/c1-5-12-10(13)9-11-7-6-8-17(14-2,15-3)16-4/h9H,5-8H2,1-4H3,(H,12,13)/b11-9+. The van der Waals surface area contributed by atoms with Gasteiger partial charge in [-0.3, -0.25) is 9.79 Å². The van der Waals surface area contributed by atoms with Gasteiger partial charge in [-0.15, -0.1) is 0 Å². The first-order chi connectivity index (χ1) is 8.14. The molecular weight excluding hydrogens is 240 g/mol. The maximum Gasteiger partial charge on any atom is 0.500 e. The summed E-state index contributed by atoms with van der Waals surface area (Å²) in [6.45, 7) is 3.03. The van der Waals surface area contributed by atoms with E-state index in [9.17, 15) is 4.79 Å². The van der Waals surface area contributed by atoms with Gasteiger partial charge in [0.15, 0.2) is 0 Å². The van der Waals surface area contributed by atoms with Crippen LogP contribution in [0.15, 0.2) is 4.99 Å². The Kier molecular flexibility index (Phi) is 8.87. The molecule has 7 heteroatoms. The van der Waals surface area contributed by atoms with Crippen molar-refractivity contribution in [2.45, 2.75) is 19.4 Å². The molecule has 0 unspecified atom stereocenters. The molecule has 0 fully saturated rings. The molecule has 0 aromatic carbocycles. The minimum atomic E-state index is -2.48. The van der Waals surface area contributed by atoms with E-state index < -0.39 is 8.80 Å². The summed E-state index contributed by atoms with van der Waals surface area (Å²) in [5.41, 5.74) is 0. The van der Waals surface area contributed by atoms with E-state index in [1.165, 1.54) is 6.21 Å². The molecule has 0 spiro atoms. The second kappa shape index (κ2) is 9.29. The number of hydrogen-bond acceptors (Lipinski definition) is 5. The lowest BCUT2D eigenvalue weighted by Gasteiger charge is -2.23. The van der Waals surface area contributed by atoms with Gasteiger partial charge in [-0.1, -0.05) is 0 Å². The minimum absolute atomic E-state index is 0.166. The van der Waals surface area contributed by atoms with Gasteiger partial charge in [0.1, 0.15) is 0 Å². The van der Waals surface area contributed by atoms with Gasteiger partial charge >= 0.3 is 8.80 Å². The lowest BCUT2D eigenvalue weighted by molar-refractivity contribution is -0.114. The second-order valence-corrected chi connectivity index (χ2v) is 6.42. The van der Waals surface area contributed by atoms with Crippen molar-refractivity contribution >= 4 is 20.9 Å². The maximum absolute atomic E-state index is 11.0. The molecule has 0 radical (unpaired) electrons. The number of carbonyl (C=O) groups is 1. The second-order valence-electron chi connectivity index (χ2n) is 3.33. The van der Waals surface area contributed by atoms with Crippen molar-refractivity contribution in [3.63, 3.8) is 0 Å². The van der Waals surface area contributed by atoms with Crippen molar-refractivity contribution in [2.24, 2.45) is 4.99 Å². The molecule has 0 saturated heterocycles. The third-order valence-corrected chi connectivity index (χ3v) is 5.09. The van der Waals surface area contributed by atoms with E-state index in [0.29, 0.717) is 19.1 Å². The number of nitrogens with one attached hydrogen (secondary N) is 1. The Balaban J connectivity index is 3.86. The molecular formula is C10H22N2O4Si. The lowest BCUT2D eigenvalue weighted by Crippen LogP contribution is -2.42. The molecule has 6 nitrogen and oxygen atoms in total. The Hall–Kier alpha value is -0.763. The van der Waals surface area contributed by atoms with Gasteiger partial charge < -0.3 is 18.6 Å². The van der Waals surface area contributed by atoms with Gasteiger partial charge in [-0.2, -0.15) is 0 Å². The van der Waals surface area contributed by atoms with Gasteiger partial charge in [0.2, 0.25) is 0 Å². The summed E-state index contributed by atoms with van der Waals surface area (Å²) in [6, 6.07) is 0.684. The molecule has 0 aromatic heterocycles. The van der Waals surface area contributed by atoms with Gasteiger partial charge in [-0.25, -0.2) is 0 Å². The van der Waals surface area contributed by atoms with Crippen molar-refractivity contribution in [3.8, 4) is 0 Å². The van der Waals surface area contributed by atoms with Crippen LogP contribution in [-0.4, -0.2) is 55.3 Å². The van der Waals surface area contributed by atoms with Crippen LogP contribution < -0.4 is 5.32 Å². The number of aliphatic imine (C=N–C) groups is 1. The third kappa shape index (κ3) is 6.52. The van der Waals surface area contributed by atoms with Crippen molar-refractivity contribution in [3.05, 3.63) is 0 Å². The topological polar surface area (TPSA) is 69.2 Å². The number of nitrogens with zero attached hydrogens (tertiary/aromatic N) is 1. The smallest absolute Gasteiger partial charge is 0.377 e. The molecule has 0 aliphatic heterocycles. The van der Waals surface area contributed by atoms with E-state index in [1.54, 1.807) is 21.3 Å².